The summed E-state index contributed by atoms with van der Waals surface area (Å²) in [6.07, 6.45) is -4.78. The van der Waals surface area contributed by atoms with Crippen LogP contribution in [0.1, 0.15) is 25.6 Å². The molecule has 0 heterocycles. The van der Waals surface area contributed by atoms with Gasteiger partial charge in [0.05, 0.1) is 12.7 Å². The lowest BCUT2D eigenvalue weighted by Gasteiger charge is -2.16. The highest BCUT2D eigenvalue weighted by Crippen LogP contribution is 2.40. The number of aryl methyl sites for hydroxylation is 1. The third kappa shape index (κ3) is 3.87. The van der Waals surface area contributed by atoms with Crippen LogP contribution in [0.2, 0.25) is 0 Å². The number of alkyl halides is 3. The lowest BCUT2D eigenvalue weighted by molar-refractivity contribution is -0.138. The van der Waals surface area contributed by atoms with Gasteiger partial charge in [0.15, 0.2) is 0 Å². The van der Waals surface area contributed by atoms with E-state index in [0.717, 1.165) is 25.3 Å². The molecule has 0 unspecified atom stereocenters. The number of carbonyl (C=O) groups is 1. The molecule has 2 aromatic rings. The van der Waals surface area contributed by atoms with Crippen LogP contribution in [0, 0.1) is 12.7 Å². The fraction of sp³-hybridized carbons (Fsp3) is 0.188. The summed E-state index contributed by atoms with van der Waals surface area (Å²) in [6.45, 7) is -2.80. The zero-order valence-corrected chi connectivity index (χ0v) is 13.6. The van der Waals surface area contributed by atoms with Crippen LogP contribution >= 0.6 is 15.9 Å². The first-order valence-electron chi connectivity index (χ1n) is 7.81. The molecule has 24 heavy (non-hydrogen) atoms. The number of rotatable bonds is 3. The minimum absolute atomic E-state index is 0.377. The lowest BCUT2D eigenvalue weighted by Crippen LogP contribution is -2.10. The topological polar surface area (TPSA) is 35.5 Å². The maximum Gasteiger partial charge on any atom is 0.417 e. The second-order valence-corrected chi connectivity index (χ2v) is 5.41. The first-order valence-corrected chi connectivity index (χ1v) is 7.11. The fourth-order valence-corrected chi connectivity index (χ4v) is 2.40. The normalized spacial score (nSPS) is 13.7. The van der Waals surface area contributed by atoms with E-state index in [-0.39, 0.29) is 5.56 Å². The van der Waals surface area contributed by atoms with Gasteiger partial charge in [-0.25, -0.2) is 9.18 Å². The second-order valence-electron chi connectivity index (χ2n) is 4.56. The Morgan fingerprint density at radius 2 is 1.92 bits per heavy atom. The summed E-state index contributed by atoms with van der Waals surface area (Å²) in [4.78, 5) is 11.9. The van der Waals surface area contributed by atoms with Crippen molar-refractivity contribution in [3.63, 3.8) is 0 Å². The Kier molecular flexibility index (Phi) is 4.04. The predicted octanol–water partition coefficient (Wildman–Crippen LogP) is 5.49. The van der Waals surface area contributed by atoms with Crippen molar-refractivity contribution in [2.75, 3.05) is 7.11 Å². The van der Waals surface area contributed by atoms with E-state index in [1.54, 1.807) is 0 Å². The van der Waals surface area contributed by atoms with Crippen molar-refractivity contribution < 1.29 is 35.9 Å². The summed E-state index contributed by atoms with van der Waals surface area (Å²) in [5.41, 5.74) is -2.09. The molecule has 0 saturated carbocycles. The summed E-state index contributed by atoms with van der Waals surface area (Å²) in [7, 11) is 1.02. The molecule has 2 rings (SSSR count). The fourth-order valence-electron chi connectivity index (χ4n) is 1.83. The molecule has 0 aliphatic rings. The van der Waals surface area contributed by atoms with E-state index >= 15 is 0 Å². The van der Waals surface area contributed by atoms with E-state index < -0.39 is 51.9 Å². The summed E-state index contributed by atoms with van der Waals surface area (Å²) in [5, 5.41) is 0. The van der Waals surface area contributed by atoms with E-state index in [4.69, 9.17) is 8.85 Å². The maximum absolute atomic E-state index is 13.4. The molecular weight excluding hydrogens is 396 g/mol. The molecule has 0 bridgehead atoms. The Bertz CT molecular complexity index is 882. The zero-order chi connectivity index (χ0) is 20.6. The number of esters is 1. The predicted molar refractivity (Wildman–Crippen MR) is 81.7 cm³/mol. The standard InChI is InChI=1S/C16H11BrF4O3/c1-8-5-9(18)3-4-13(8)24-14-7-11(16(19,20)21)12(17)6-10(14)15(22)23-2/h3-7H,1-2H3/i1D3. The Labute approximate surface area is 147 Å². The number of benzene rings is 2. The van der Waals surface area contributed by atoms with Crippen molar-refractivity contribution in [3.05, 3.63) is 57.3 Å². The molecule has 0 fully saturated rings. The molecular formula is C16H11BrF4O3. The summed E-state index contributed by atoms with van der Waals surface area (Å²) >= 11 is 2.73. The molecule has 0 aliphatic carbocycles. The van der Waals surface area contributed by atoms with Gasteiger partial charge < -0.3 is 9.47 Å². The van der Waals surface area contributed by atoms with E-state index in [1.807, 2.05) is 0 Å². The lowest BCUT2D eigenvalue weighted by atomic mass is 10.1. The zero-order valence-electron chi connectivity index (χ0n) is 15.0. The Morgan fingerprint density at radius 1 is 1.21 bits per heavy atom. The maximum atomic E-state index is 13.4. The number of halogens is 5. The summed E-state index contributed by atoms with van der Waals surface area (Å²) in [6, 6.07) is 3.90. The van der Waals surface area contributed by atoms with E-state index in [1.165, 1.54) is 0 Å². The van der Waals surface area contributed by atoms with Gasteiger partial charge in [-0.1, -0.05) is 15.9 Å². The molecule has 0 saturated heterocycles. The second kappa shape index (κ2) is 6.80. The van der Waals surface area contributed by atoms with Gasteiger partial charge in [-0.05, 0) is 42.7 Å². The monoisotopic (exact) mass is 409 g/mol. The van der Waals surface area contributed by atoms with Crippen LogP contribution in [0.4, 0.5) is 17.6 Å². The SMILES string of the molecule is [2H]C([2H])([2H])c1cc(F)ccc1Oc1cc(C(F)(F)F)c(Br)cc1C(=O)OC. The number of methoxy groups -OCH3 is 1. The highest BCUT2D eigenvalue weighted by atomic mass is 79.9. The minimum atomic E-state index is -4.78. The molecule has 128 valence electrons. The summed E-state index contributed by atoms with van der Waals surface area (Å²) < 4.78 is 84.6. The molecule has 0 amide bonds. The smallest absolute Gasteiger partial charge is 0.417 e. The van der Waals surface area contributed by atoms with Crippen molar-refractivity contribution in [2.45, 2.75) is 13.0 Å². The average molecular weight is 410 g/mol. The van der Waals surface area contributed by atoms with Gasteiger partial charge in [-0.2, -0.15) is 13.2 Å². The number of hydrogen-bond acceptors (Lipinski definition) is 3. The van der Waals surface area contributed by atoms with E-state index in [9.17, 15) is 22.4 Å². The van der Waals surface area contributed by atoms with Crippen molar-refractivity contribution >= 4 is 21.9 Å². The molecule has 0 spiro atoms. The molecule has 2 aromatic carbocycles. The Morgan fingerprint density at radius 3 is 2.50 bits per heavy atom. The van der Waals surface area contributed by atoms with Crippen LogP contribution in [-0.2, 0) is 10.9 Å². The van der Waals surface area contributed by atoms with Gasteiger partial charge in [0.1, 0.15) is 22.9 Å². The molecule has 3 nitrogen and oxygen atoms in total. The first kappa shape index (κ1) is 14.3. The van der Waals surface area contributed by atoms with Crippen LogP contribution in [0.3, 0.4) is 0 Å². The van der Waals surface area contributed by atoms with Gasteiger partial charge >= 0.3 is 12.1 Å². The molecule has 0 N–H and O–H groups in total. The van der Waals surface area contributed by atoms with Gasteiger partial charge in [0, 0.05) is 8.58 Å². The van der Waals surface area contributed by atoms with Crippen molar-refractivity contribution in [1.29, 1.82) is 0 Å². The summed E-state index contributed by atoms with van der Waals surface area (Å²) in [5.74, 6) is -2.88. The van der Waals surface area contributed by atoms with E-state index in [2.05, 4.69) is 20.7 Å². The third-order valence-electron chi connectivity index (χ3n) is 2.94. The largest absolute Gasteiger partial charge is 0.465 e. The minimum Gasteiger partial charge on any atom is -0.465 e. The molecule has 0 aromatic heterocycles. The molecule has 0 radical (unpaired) electrons. The van der Waals surface area contributed by atoms with E-state index in [0.29, 0.717) is 12.1 Å². The average Bonchev–Trinajstić information content (AvgIpc) is 2.54. The van der Waals surface area contributed by atoms with Crippen molar-refractivity contribution in [1.82, 2.24) is 0 Å². The quantitative estimate of drug-likeness (QED) is 0.496. The van der Waals surface area contributed by atoms with Gasteiger partial charge in [-0.3, -0.25) is 0 Å². The number of carbonyl (C=O) groups excluding carboxylic acids is 1. The highest BCUT2D eigenvalue weighted by Gasteiger charge is 2.35. The van der Waals surface area contributed by atoms with Crippen LogP contribution in [-0.4, -0.2) is 13.1 Å². The Hall–Kier alpha value is -2.09. The number of ether oxygens (including phenoxy) is 2. The highest BCUT2D eigenvalue weighted by molar-refractivity contribution is 9.10. The molecule has 8 heteroatoms. The van der Waals surface area contributed by atoms with Crippen LogP contribution < -0.4 is 4.74 Å². The van der Waals surface area contributed by atoms with Gasteiger partial charge in [0.25, 0.3) is 0 Å². The van der Waals surface area contributed by atoms with Crippen LogP contribution in [0.15, 0.2) is 34.8 Å². The van der Waals surface area contributed by atoms with Crippen LogP contribution in [0.25, 0.3) is 0 Å². The van der Waals surface area contributed by atoms with Crippen molar-refractivity contribution in [2.24, 2.45) is 0 Å². The molecule has 0 aliphatic heterocycles. The van der Waals surface area contributed by atoms with Crippen LogP contribution in [0.5, 0.6) is 11.5 Å². The Balaban J connectivity index is 2.66. The third-order valence-corrected chi connectivity index (χ3v) is 3.60. The van der Waals surface area contributed by atoms with Gasteiger partial charge in [-0.15, -0.1) is 0 Å². The first-order chi connectivity index (χ1) is 12.3. The number of hydrogen-bond donors (Lipinski definition) is 0. The van der Waals surface area contributed by atoms with Gasteiger partial charge in [0.2, 0.25) is 0 Å². The van der Waals surface area contributed by atoms with Crippen molar-refractivity contribution in [3.8, 4) is 11.5 Å². The molecule has 0 atom stereocenters.